The Morgan fingerprint density at radius 2 is 2.12 bits per heavy atom. The van der Waals surface area contributed by atoms with E-state index < -0.39 is 11.9 Å². The Balaban J connectivity index is 3.24. The molecule has 0 fully saturated rings. The molecular weight excluding hydrogens is 297 g/mol. The van der Waals surface area contributed by atoms with Crippen LogP contribution in [0, 0.1) is 6.92 Å². The summed E-state index contributed by atoms with van der Waals surface area (Å²) in [6.45, 7) is 5.74. The Hall–Kier alpha value is -1.04. The van der Waals surface area contributed by atoms with Crippen molar-refractivity contribution in [1.29, 1.82) is 0 Å². The lowest BCUT2D eigenvalue weighted by atomic mass is 10.2. The first-order chi connectivity index (χ1) is 7.77. The van der Waals surface area contributed by atoms with E-state index in [0.29, 0.717) is 17.8 Å². The van der Waals surface area contributed by atoms with Crippen molar-refractivity contribution in [3.05, 3.63) is 34.6 Å². The van der Waals surface area contributed by atoms with Gasteiger partial charge in [-0.15, -0.1) is 6.58 Å². The summed E-state index contributed by atoms with van der Waals surface area (Å²) < 4.78 is 37.7. The highest BCUT2D eigenvalue weighted by molar-refractivity contribution is 9.10. The largest absolute Gasteiger partial charge is 0.433 e. The van der Waals surface area contributed by atoms with Gasteiger partial charge in [0.1, 0.15) is 10.3 Å². The molecule has 0 bridgehead atoms. The van der Waals surface area contributed by atoms with Gasteiger partial charge in [-0.1, -0.05) is 6.08 Å². The topological polar surface area (TPSA) is 16.1 Å². The molecule has 1 aromatic heterocycles. The predicted octanol–water partition coefficient (Wildman–Crippen LogP) is 3.79. The quantitative estimate of drug-likeness (QED) is 0.624. The molecule has 17 heavy (non-hydrogen) atoms. The number of nitrogens with zero attached hydrogens (tertiary/aromatic N) is 2. The molecule has 0 N–H and O–H groups in total. The first kappa shape index (κ1) is 14.0. The van der Waals surface area contributed by atoms with Crippen molar-refractivity contribution < 1.29 is 13.2 Å². The standard InChI is InChI=1S/C11H12BrF3N2/c1-4-5-17(3)9-7(2)6-8(11(13,14)15)16-10(9)12/h4,6H,1,5H2,2-3H3. The van der Waals surface area contributed by atoms with Crippen LogP contribution in [0.3, 0.4) is 0 Å². The number of anilines is 1. The summed E-state index contributed by atoms with van der Waals surface area (Å²) in [6, 6.07) is 1.04. The van der Waals surface area contributed by atoms with E-state index >= 15 is 0 Å². The molecule has 0 aromatic carbocycles. The van der Waals surface area contributed by atoms with Crippen molar-refractivity contribution in [2.75, 3.05) is 18.5 Å². The molecule has 0 saturated heterocycles. The first-order valence-corrected chi connectivity index (χ1v) is 5.63. The van der Waals surface area contributed by atoms with Crippen LogP contribution in [0.1, 0.15) is 11.3 Å². The second-order valence-electron chi connectivity index (χ2n) is 3.63. The fraction of sp³-hybridized carbons (Fsp3) is 0.364. The van der Waals surface area contributed by atoms with Crippen molar-refractivity contribution in [3.8, 4) is 0 Å². The van der Waals surface area contributed by atoms with E-state index in [9.17, 15) is 13.2 Å². The number of hydrogen-bond donors (Lipinski definition) is 0. The average molecular weight is 309 g/mol. The third-order valence-corrected chi connectivity index (χ3v) is 2.77. The van der Waals surface area contributed by atoms with E-state index in [1.165, 1.54) is 0 Å². The summed E-state index contributed by atoms with van der Waals surface area (Å²) in [5, 5.41) is 0. The molecule has 0 atom stereocenters. The minimum absolute atomic E-state index is 0.189. The van der Waals surface area contributed by atoms with Gasteiger partial charge in [0.15, 0.2) is 0 Å². The van der Waals surface area contributed by atoms with E-state index in [4.69, 9.17) is 0 Å². The number of alkyl halides is 3. The molecular formula is C11H12BrF3N2. The number of aryl methyl sites for hydroxylation is 1. The van der Waals surface area contributed by atoms with Crippen molar-refractivity contribution in [2.24, 2.45) is 0 Å². The maximum Gasteiger partial charge on any atom is 0.433 e. The number of hydrogen-bond acceptors (Lipinski definition) is 2. The van der Waals surface area contributed by atoms with Crippen LogP contribution in [0.25, 0.3) is 0 Å². The minimum Gasteiger partial charge on any atom is -0.368 e. The van der Waals surface area contributed by atoms with E-state index in [-0.39, 0.29) is 4.60 Å². The fourth-order valence-corrected chi connectivity index (χ4v) is 2.32. The van der Waals surface area contributed by atoms with Crippen molar-refractivity contribution in [1.82, 2.24) is 4.98 Å². The summed E-state index contributed by atoms with van der Waals surface area (Å²) in [5.74, 6) is 0. The summed E-state index contributed by atoms with van der Waals surface area (Å²) in [4.78, 5) is 5.30. The minimum atomic E-state index is -4.43. The van der Waals surface area contributed by atoms with Gasteiger partial charge in [0.25, 0.3) is 0 Å². The fourth-order valence-electron chi connectivity index (χ4n) is 1.52. The van der Waals surface area contributed by atoms with Crippen LogP contribution in [0.15, 0.2) is 23.3 Å². The molecule has 1 heterocycles. The van der Waals surface area contributed by atoms with Gasteiger partial charge in [0.2, 0.25) is 0 Å². The molecule has 1 aromatic rings. The van der Waals surface area contributed by atoms with Gasteiger partial charge in [-0.2, -0.15) is 13.2 Å². The van der Waals surface area contributed by atoms with Gasteiger partial charge in [0, 0.05) is 13.6 Å². The molecule has 1 rings (SSSR count). The van der Waals surface area contributed by atoms with Crippen LogP contribution >= 0.6 is 15.9 Å². The van der Waals surface area contributed by atoms with Crippen LogP contribution in [0.4, 0.5) is 18.9 Å². The highest BCUT2D eigenvalue weighted by Crippen LogP contribution is 2.34. The normalized spacial score (nSPS) is 11.4. The third kappa shape index (κ3) is 3.21. The number of aromatic nitrogens is 1. The predicted molar refractivity (Wildman–Crippen MR) is 65.1 cm³/mol. The summed E-state index contributed by atoms with van der Waals surface area (Å²) in [5.41, 5.74) is 0.263. The number of pyridine rings is 1. The van der Waals surface area contributed by atoms with Crippen molar-refractivity contribution >= 4 is 21.6 Å². The van der Waals surface area contributed by atoms with Crippen LogP contribution < -0.4 is 4.90 Å². The van der Waals surface area contributed by atoms with Crippen LogP contribution in [-0.4, -0.2) is 18.6 Å². The van der Waals surface area contributed by atoms with Gasteiger partial charge in [-0.25, -0.2) is 4.98 Å². The molecule has 0 spiro atoms. The molecule has 2 nitrogen and oxygen atoms in total. The van der Waals surface area contributed by atoms with Gasteiger partial charge in [-0.3, -0.25) is 0 Å². The molecule has 0 aliphatic carbocycles. The summed E-state index contributed by atoms with van der Waals surface area (Å²) in [6.07, 6.45) is -2.76. The zero-order valence-corrected chi connectivity index (χ0v) is 11.1. The number of rotatable bonds is 3. The van der Waals surface area contributed by atoms with Crippen LogP contribution in [0.5, 0.6) is 0 Å². The van der Waals surface area contributed by atoms with Crippen LogP contribution in [-0.2, 0) is 6.18 Å². The maximum atomic E-state index is 12.5. The third-order valence-electron chi connectivity index (χ3n) is 2.22. The van der Waals surface area contributed by atoms with Crippen molar-refractivity contribution in [3.63, 3.8) is 0 Å². The van der Waals surface area contributed by atoms with Gasteiger partial charge < -0.3 is 4.90 Å². The Morgan fingerprint density at radius 1 is 1.53 bits per heavy atom. The second-order valence-corrected chi connectivity index (χ2v) is 4.38. The average Bonchev–Trinajstić information content (AvgIpc) is 2.15. The van der Waals surface area contributed by atoms with Gasteiger partial charge >= 0.3 is 6.18 Å². The Bertz CT molecular complexity index is 406. The Labute approximate surface area is 106 Å². The van der Waals surface area contributed by atoms with Gasteiger partial charge in [-0.05, 0) is 34.5 Å². The van der Waals surface area contributed by atoms with Crippen LogP contribution in [0.2, 0.25) is 0 Å². The summed E-state index contributed by atoms with van der Waals surface area (Å²) in [7, 11) is 1.77. The smallest absolute Gasteiger partial charge is 0.368 e. The Morgan fingerprint density at radius 3 is 2.53 bits per heavy atom. The highest BCUT2D eigenvalue weighted by atomic mass is 79.9. The van der Waals surface area contributed by atoms with E-state index in [2.05, 4.69) is 27.5 Å². The van der Waals surface area contributed by atoms with E-state index in [1.807, 2.05) is 0 Å². The van der Waals surface area contributed by atoms with Crippen molar-refractivity contribution in [2.45, 2.75) is 13.1 Å². The summed E-state index contributed by atoms with van der Waals surface area (Å²) >= 11 is 3.07. The van der Waals surface area contributed by atoms with Gasteiger partial charge in [0.05, 0.1) is 5.69 Å². The van der Waals surface area contributed by atoms with E-state index in [1.54, 1.807) is 24.9 Å². The monoisotopic (exact) mass is 308 g/mol. The first-order valence-electron chi connectivity index (χ1n) is 4.83. The lowest BCUT2D eigenvalue weighted by Gasteiger charge is -2.21. The Kier molecular flexibility index (Phi) is 4.19. The molecule has 0 amide bonds. The molecule has 94 valence electrons. The number of likely N-dealkylation sites (N-methyl/N-ethyl adjacent to an activating group) is 1. The molecule has 6 heteroatoms. The molecule has 0 aliphatic heterocycles. The zero-order chi connectivity index (χ0) is 13.2. The second kappa shape index (κ2) is 5.08. The SMILES string of the molecule is C=CCN(C)c1c(C)cc(C(F)(F)F)nc1Br. The zero-order valence-electron chi connectivity index (χ0n) is 9.48. The van der Waals surface area contributed by atoms with E-state index in [0.717, 1.165) is 6.07 Å². The lowest BCUT2D eigenvalue weighted by molar-refractivity contribution is -0.141. The maximum absolute atomic E-state index is 12.5. The lowest BCUT2D eigenvalue weighted by Crippen LogP contribution is -2.20. The molecule has 0 unspecified atom stereocenters. The molecule has 0 aliphatic rings. The number of halogens is 4. The highest BCUT2D eigenvalue weighted by Gasteiger charge is 2.33. The molecule has 0 radical (unpaired) electrons. The molecule has 0 saturated carbocycles.